The molecule has 146 valence electrons. The van der Waals surface area contributed by atoms with E-state index in [-0.39, 0.29) is 22.4 Å². The number of hydrogen-bond acceptors (Lipinski definition) is 4. The average Bonchev–Trinajstić information content (AvgIpc) is 2.44. The second-order valence-corrected chi connectivity index (χ2v) is 8.12. The van der Waals surface area contributed by atoms with Crippen molar-refractivity contribution in [3.63, 3.8) is 0 Å². The molecule has 0 saturated heterocycles. The molecule has 4 heteroatoms. The highest BCUT2D eigenvalue weighted by Crippen LogP contribution is 2.15. The summed E-state index contributed by atoms with van der Waals surface area (Å²) in [6.07, 6.45) is 5.45. The smallest absolute Gasteiger partial charge is 0.160 e. The number of nitrogens with zero attached hydrogens (tertiary/aromatic N) is 1. The molecule has 0 fully saturated rings. The Bertz CT molecular complexity index is 447. The van der Waals surface area contributed by atoms with Crippen LogP contribution in [0.5, 0.6) is 0 Å². The van der Waals surface area contributed by atoms with Gasteiger partial charge in [0.05, 0.1) is 0 Å². The van der Waals surface area contributed by atoms with Crippen LogP contribution in [0.15, 0.2) is 24.8 Å². The van der Waals surface area contributed by atoms with Crippen molar-refractivity contribution >= 4 is 17.3 Å². The first-order chi connectivity index (χ1) is 11.1. The van der Waals surface area contributed by atoms with Crippen molar-refractivity contribution in [2.75, 3.05) is 20.6 Å². The van der Waals surface area contributed by atoms with Crippen LogP contribution in [0, 0.1) is 10.8 Å². The lowest BCUT2D eigenvalue weighted by Crippen LogP contribution is -2.18. The van der Waals surface area contributed by atoms with Gasteiger partial charge in [-0.1, -0.05) is 61.1 Å². The minimum absolute atomic E-state index is 0.0949. The van der Waals surface area contributed by atoms with Gasteiger partial charge in [-0.2, -0.15) is 0 Å². The molecule has 4 nitrogen and oxygen atoms in total. The first-order valence-electron chi connectivity index (χ1n) is 8.61. The molecular weight excluding hydrogens is 314 g/mol. The lowest BCUT2D eigenvalue weighted by Gasteiger charge is -2.13. The first-order valence-corrected chi connectivity index (χ1v) is 8.61. The van der Waals surface area contributed by atoms with Gasteiger partial charge >= 0.3 is 0 Å². The molecule has 0 aliphatic carbocycles. The molecule has 0 saturated carbocycles. The SMILES string of the molecule is C=CC(=O)C(C)(C)C.CC(=O)/C=C/CN(C)C.CCC(=O)C(C)(C)C. The predicted octanol–water partition coefficient (Wildman–Crippen LogP) is 4.49. The second-order valence-electron chi connectivity index (χ2n) is 8.12. The monoisotopic (exact) mass is 353 g/mol. The molecule has 0 radical (unpaired) electrons. The minimum atomic E-state index is -0.248. The molecule has 0 rings (SSSR count). The maximum Gasteiger partial charge on any atom is 0.160 e. The van der Waals surface area contributed by atoms with Crippen molar-refractivity contribution in [2.24, 2.45) is 10.8 Å². The molecular formula is C21H39NO3. The third kappa shape index (κ3) is 22.4. The maximum atomic E-state index is 10.8. The fourth-order valence-electron chi connectivity index (χ4n) is 1.27. The number of hydrogen-bond donors (Lipinski definition) is 0. The van der Waals surface area contributed by atoms with Crippen LogP contribution in [0.2, 0.25) is 0 Å². The van der Waals surface area contributed by atoms with Gasteiger partial charge in [0.25, 0.3) is 0 Å². The van der Waals surface area contributed by atoms with Gasteiger partial charge < -0.3 is 4.90 Å². The largest absolute Gasteiger partial charge is 0.306 e. The zero-order chi connectivity index (χ0) is 20.8. The summed E-state index contributed by atoms with van der Waals surface area (Å²) in [5, 5.41) is 0. The molecule has 0 N–H and O–H groups in total. The fraction of sp³-hybridized carbons (Fsp3) is 0.667. The van der Waals surface area contributed by atoms with Gasteiger partial charge in [0, 0.05) is 23.8 Å². The summed E-state index contributed by atoms with van der Waals surface area (Å²) in [7, 11) is 3.93. The van der Waals surface area contributed by atoms with Crippen molar-refractivity contribution in [1.82, 2.24) is 4.90 Å². The number of rotatable bonds is 5. The Hall–Kier alpha value is -1.55. The van der Waals surface area contributed by atoms with E-state index >= 15 is 0 Å². The van der Waals surface area contributed by atoms with Crippen LogP contribution < -0.4 is 0 Å². The second kappa shape index (κ2) is 13.7. The topological polar surface area (TPSA) is 54.5 Å². The normalized spacial score (nSPS) is 11.2. The highest BCUT2D eigenvalue weighted by molar-refractivity contribution is 5.93. The molecule has 0 aliphatic heterocycles. The molecule has 0 aromatic carbocycles. The number of ketones is 3. The third-order valence-electron chi connectivity index (χ3n) is 2.91. The van der Waals surface area contributed by atoms with Crippen LogP contribution in [0.1, 0.15) is 61.8 Å². The van der Waals surface area contributed by atoms with E-state index < -0.39 is 0 Å². The average molecular weight is 354 g/mol. The lowest BCUT2D eigenvalue weighted by atomic mass is 9.90. The fourth-order valence-corrected chi connectivity index (χ4v) is 1.27. The van der Waals surface area contributed by atoms with Crippen LogP contribution in [-0.4, -0.2) is 42.9 Å². The summed E-state index contributed by atoms with van der Waals surface area (Å²) in [6.45, 7) is 19.1. The Labute approximate surface area is 155 Å². The summed E-state index contributed by atoms with van der Waals surface area (Å²) in [5.41, 5.74) is -0.378. The molecule has 0 spiro atoms. The summed E-state index contributed by atoms with van der Waals surface area (Å²) >= 11 is 0. The van der Waals surface area contributed by atoms with Gasteiger partial charge in [0.1, 0.15) is 5.78 Å². The molecule has 0 atom stereocenters. The zero-order valence-corrected chi connectivity index (χ0v) is 18.0. The van der Waals surface area contributed by atoms with Crippen molar-refractivity contribution in [2.45, 2.75) is 61.8 Å². The van der Waals surface area contributed by atoms with Gasteiger partial charge in [-0.25, -0.2) is 0 Å². The van der Waals surface area contributed by atoms with E-state index in [1.807, 2.05) is 73.5 Å². The highest BCUT2D eigenvalue weighted by atomic mass is 16.1. The van der Waals surface area contributed by atoms with E-state index in [0.29, 0.717) is 12.2 Å². The minimum Gasteiger partial charge on any atom is -0.306 e. The van der Waals surface area contributed by atoms with E-state index in [2.05, 4.69) is 6.58 Å². The Morgan fingerprint density at radius 3 is 1.52 bits per heavy atom. The number of likely N-dealkylation sites (N-methyl/N-ethyl adjacent to an activating group) is 1. The van der Waals surface area contributed by atoms with Crippen molar-refractivity contribution < 1.29 is 14.4 Å². The van der Waals surface area contributed by atoms with Gasteiger partial charge in [-0.3, -0.25) is 14.4 Å². The first kappa shape index (κ1) is 28.3. The van der Waals surface area contributed by atoms with Gasteiger partial charge in [-0.05, 0) is 33.2 Å². The van der Waals surface area contributed by atoms with E-state index in [9.17, 15) is 14.4 Å². The Balaban J connectivity index is -0.000000291. The molecule has 0 heterocycles. The predicted molar refractivity (Wildman–Crippen MR) is 108 cm³/mol. The van der Waals surface area contributed by atoms with E-state index in [1.54, 1.807) is 13.0 Å². The Kier molecular flexibility index (Phi) is 15.5. The number of allylic oxidation sites excluding steroid dienone is 2. The van der Waals surface area contributed by atoms with Crippen molar-refractivity contribution in [3.05, 3.63) is 24.8 Å². The van der Waals surface area contributed by atoms with E-state index in [4.69, 9.17) is 0 Å². The third-order valence-corrected chi connectivity index (χ3v) is 2.91. The van der Waals surface area contributed by atoms with Crippen LogP contribution in [-0.2, 0) is 14.4 Å². The Morgan fingerprint density at radius 2 is 1.40 bits per heavy atom. The quantitative estimate of drug-likeness (QED) is 0.683. The van der Waals surface area contributed by atoms with Gasteiger partial charge in [0.15, 0.2) is 11.6 Å². The van der Waals surface area contributed by atoms with Crippen molar-refractivity contribution in [3.8, 4) is 0 Å². The van der Waals surface area contributed by atoms with E-state index in [0.717, 1.165) is 6.54 Å². The highest BCUT2D eigenvalue weighted by Gasteiger charge is 2.18. The molecule has 0 bridgehead atoms. The molecule has 25 heavy (non-hydrogen) atoms. The number of Topliss-reactive ketones (excluding diaryl/α,β-unsaturated/α-hetero) is 1. The van der Waals surface area contributed by atoms with Crippen LogP contribution in [0.3, 0.4) is 0 Å². The van der Waals surface area contributed by atoms with Crippen LogP contribution in [0.4, 0.5) is 0 Å². The molecule has 0 amide bonds. The summed E-state index contributed by atoms with van der Waals surface area (Å²) < 4.78 is 0. The molecule has 0 unspecified atom stereocenters. The molecule has 0 aliphatic rings. The van der Waals surface area contributed by atoms with Gasteiger partial charge in [-0.15, -0.1) is 0 Å². The summed E-state index contributed by atoms with van der Waals surface area (Å²) in [4.78, 5) is 33.9. The van der Waals surface area contributed by atoms with Crippen LogP contribution in [0.25, 0.3) is 0 Å². The van der Waals surface area contributed by atoms with Crippen LogP contribution >= 0.6 is 0 Å². The maximum absolute atomic E-state index is 10.8. The van der Waals surface area contributed by atoms with Crippen molar-refractivity contribution in [1.29, 1.82) is 0 Å². The summed E-state index contributed by atoms with van der Waals surface area (Å²) in [5.74, 6) is 0.534. The number of carbonyl (C=O) groups excluding carboxylic acids is 3. The molecule has 0 aromatic heterocycles. The molecule has 0 aromatic rings. The Morgan fingerprint density at radius 1 is 0.960 bits per heavy atom. The van der Waals surface area contributed by atoms with Gasteiger partial charge in [0.2, 0.25) is 0 Å². The zero-order valence-electron chi connectivity index (χ0n) is 18.0. The lowest BCUT2D eigenvalue weighted by molar-refractivity contribution is -0.126. The summed E-state index contributed by atoms with van der Waals surface area (Å²) in [6, 6.07) is 0. The number of carbonyl (C=O) groups is 3. The van der Waals surface area contributed by atoms with E-state index in [1.165, 1.54) is 6.08 Å². The standard InChI is InChI=1S/C7H13NO.C7H14O.C7H12O/c1-7(9)5-4-6-8(2)3;2*1-5-6(8)7(2,3)4/h4-5H,6H2,1-3H3;5H2,1-4H3;5H,1H2,2-4H3/b5-4+;;.